The van der Waals surface area contributed by atoms with Gasteiger partial charge in [-0.05, 0) is 44.2 Å². The predicted octanol–water partition coefficient (Wildman–Crippen LogP) is 2.16. The lowest BCUT2D eigenvalue weighted by molar-refractivity contribution is 0.670. The standard InChI is InChI=1S/C12H15N3/c1-8-13-12-11(15(8)2)7-9-5-3-4-6-10(9)14-12/h7H,3-6H2,1-2H3. The smallest absolute Gasteiger partial charge is 0.178 e. The molecular weight excluding hydrogens is 186 g/mol. The molecule has 0 fully saturated rings. The Balaban J connectivity index is 2.30. The summed E-state index contributed by atoms with van der Waals surface area (Å²) in [6.45, 7) is 2.03. The van der Waals surface area contributed by atoms with Crippen LogP contribution in [0, 0.1) is 6.92 Å². The summed E-state index contributed by atoms with van der Waals surface area (Å²) < 4.78 is 2.12. The number of rotatable bonds is 0. The van der Waals surface area contributed by atoms with Crippen molar-refractivity contribution < 1.29 is 0 Å². The third-order valence-corrected chi connectivity index (χ3v) is 3.38. The average molecular weight is 201 g/mol. The Bertz CT molecular complexity index is 525. The normalized spacial score (nSPS) is 15.6. The van der Waals surface area contributed by atoms with Crippen molar-refractivity contribution in [3.05, 3.63) is 23.1 Å². The molecule has 0 bridgehead atoms. The predicted molar refractivity (Wildman–Crippen MR) is 59.9 cm³/mol. The van der Waals surface area contributed by atoms with Crippen LogP contribution in [0.3, 0.4) is 0 Å². The highest BCUT2D eigenvalue weighted by atomic mass is 15.1. The number of aromatic nitrogens is 3. The molecule has 3 heteroatoms. The number of hydrogen-bond donors (Lipinski definition) is 0. The molecule has 0 atom stereocenters. The highest BCUT2D eigenvalue weighted by molar-refractivity contribution is 5.73. The van der Waals surface area contributed by atoms with Crippen LogP contribution in [0.15, 0.2) is 6.07 Å². The zero-order valence-electron chi connectivity index (χ0n) is 9.25. The quantitative estimate of drug-likeness (QED) is 0.654. The SMILES string of the molecule is Cc1nc2nc3c(cc2n1C)CCCC3. The minimum Gasteiger partial charge on any atom is -0.330 e. The zero-order valence-corrected chi connectivity index (χ0v) is 9.25. The van der Waals surface area contributed by atoms with Crippen LogP contribution in [0.2, 0.25) is 0 Å². The minimum absolute atomic E-state index is 0.913. The summed E-state index contributed by atoms with van der Waals surface area (Å²) in [5.41, 5.74) is 4.78. The summed E-state index contributed by atoms with van der Waals surface area (Å²) in [4.78, 5) is 9.14. The lowest BCUT2D eigenvalue weighted by atomic mass is 9.96. The number of nitrogens with zero attached hydrogens (tertiary/aromatic N) is 3. The van der Waals surface area contributed by atoms with Gasteiger partial charge in [-0.15, -0.1) is 0 Å². The van der Waals surface area contributed by atoms with Crippen LogP contribution in [0.25, 0.3) is 11.2 Å². The number of aryl methyl sites for hydroxylation is 4. The summed E-state index contributed by atoms with van der Waals surface area (Å²) in [6, 6.07) is 2.27. The molecule has 0 unspecified atom stereocenters. The van der Waals surface area contributed by atoms with Gasteiger partial charge >= 0.3 is 0 Å². The number of fused-ring (bicyclic) bond motifs is 2. The number of hydrogen-bond acceptors (Lipinski definition) is 2. The highest BCUT2D eigenvalue weighted by Crippen LogP contribution is 2.23. The third kappa shape index (κ3) is 1.26. The van der Waals surface area contributed by atoms with E-state index in [0.29, 0.717) is 0 Å². The van der Waals surface area contributed by atoms with E-state index in [4.69, 9.17) is 0 Å². The molecule has 0 aromatic carbocycles. The molecule has 2 heterocycles. The van der Waals surface area contributed by atoms with E-state index in [9.17, 15) is 0 Å². The summed E-state index contributed by atoms with van der Waals surface area (Å²) in [5, 5.41) is 0. The summed E-state index contributed by atoms with van der Waals surface area (Å²) >= 11 is 0. The van der Waals surface area contributed by atoms with E-state index in [1.807, 2.05) is 6.92 Å². The molecule has 0 saturated carbocycles. The second-order valence-corrected chi connectivity index (χ2v) is 4.36. The van der Waals surface area contributed by atoms with E-state index in [1.165, 1.54) is 36.0 Å². The lowest BCUT2D eigenvalue weighted by Crippen LogP contribution is -2.05. The fraction of sp³-hybridized carbons (Fsp3) is 0.500. The molecule has 15 heavy (non-hydrogen) atoms. The van der Waals surface area contributed by atoms with Gasteiger partial charge < -0.3 is 4.57 Å². The maximum Gasteiger partial charge on any atom is 0.178 e. The van der Waals surface area contributed by atoms with E-state index in [2.05, 4.69) is 27.6 Å². The minimum atomic E-state index is 0.913. The van der Waals surface area contributed by atoms with E-state index in [-0.39, 0.29) is 0 Å². The topological polar surface area (TPSA) is 30.7 Å². The van der Waals surface area contributed by atoms with Crippen LogP contribution in [0.4, 0.5) is 0 Å². The van der Waals surface area contributed by atoms with Gasteiger partial charge in [-0.2, -0.15) is 0 Å². The number of pyridine rings is 1. The van der Waals surface area contributed by atoms with Crippen LogP contribution >= 0.6 is 0 Å². The fourth-order valence-corrected chi connectivity index (χ4v) is 2.34. The first-order chi connectivity index (χ1) is 7.25. The van der Waals surface area contributed by atoms with Crippen molar-refractivity contribution in [3.63, 3.8) is 0 Å². The van der Waals surface area contributed by atoms with Crippen molar-refractivity contribution in [2.24, 2.45) is 7.05 Å². The van der Waals surface area contributed by atoms with E-state index in [1.54, 1.807) is 0 Å². The maximum atomic E-state index is 4.67. The Labute approximate surface area is 89.2 Å². The van der Waals surface area contributed by atoms with Gasteiger partial charge in [0.05, 0.1) is 5.52 Å². The van der Waals surface area contributed by atoms with E-state index >= 15 is 0 Å². The van der Waals surface area contributed by atoms with Gasteiger partial charge in [-0.25, -0.2) is 9.97 Å². The van der Waals surface area contributed by atoms with Gasteiger partial charge in [0, 0.05) is 12.7 Å². The highest BCUT2D eigenvalue weighted by Gasteiger charge is 2.14. The van der Waals surface area contributed by atoms with E-state index < -0.39 is 0 Å². The van der Waals surface area contributed by atoms with Gasteiger partial charge in [0.15, 0.2) is 5.65 Å². The van der Waals surface area contributed by atoms with Crippen LogP contribution < -0.4 is 0 Å². The maximum absolute atomic E-state index is 4.67. The fourth-order valence-electron chi connectivity index (χ4n) is 2.34. The molecule has 78 valence electrons. The Hall–Kier alpha value is -1.38. The summed E-state index contributed by atoms with van der Waals surface area (Å²) in [7, 11) is 2.06. The van der Waals surface area contributed by atoms with Gasteiger partial charge in [0.1, 0.15) is 5.82 Å². The summed E-state index contributed by atoms with van der Waals surface area (Å²) in [6.07, 6.45) is 4.89. The Kier molecular flexibility index (Phi) is 1.81. The monoisotopic (exact) mass is 201 g/mol. The van der Waals surface area contributed by atoms with Crippen LogP contribution in [-0.4, -0.2) is 14.5 Å². The van der Waals surface area contributed by atoms with Gasteiger partial charge in [0.2, 0.25) is 0 Å². The summed E-state index contributed by atoms with van der Waals surface area (Å²) in [5.74, 6) is 1.04. The van der Waals surface area contributed by atoms with Crippen molar-refractivity contribution in [2.75, 3.05) is 0 Å². The van der Waals surface area contributed by atoms with Crippen LogP contribution in [0.1, 0.15) is 29.9 Å². The van der Waals surface area contributed by atoms with Crippen molar-refractivity contribution in [1.29, 1.82) is 0 Å². The van der Waals surface area contributed by atoms with Gasteiger partial charge in [-0.3, -0.25) is 0 Å². The molecule has 0 spiro atoms. The molecule has 0 amide bonds. The van der Waals surface area contributed by atoms with Crippen LogP contribution in [0.5, 0.6) is 0 Å². The van der Waals surface area contributed by atoms with Crippen molar-refractivity contribution >= 4 is 11.2 Å². The lowest BCUT2D eigenvalue weighted by Gasteiger charge is -2.14. The molecule has 2 aromatic heterocycles. The van der Waals surface area contributed by atoms with E-state index in [0.717, 1.165) is 17.9 Å². The van der Waals surface area contributed by atoms with Crippen molar-refractivity contribution in [2.45, 2.75) is 32.6 Å². The second-order valence-electron chi connectivity index (χ2n) is 4.36. The first-order valence-electron chi connectivity index (χ1n) is 5.57. The molecule has 3 nitrogen and oxygen atoms in total. The number of imidazole rings is 1. The molecule has 2 aromatic rings. The molecule has 0 radical (unpaired) electrons. The van der Waals surface area contributed by atoms with Gasteiger partial charge in [-0.1, -0.05) is 0 Å². The molecule has 0 saturated heterocycles. The second kappa shape index (κ2) is 3.05. The van der Waals surface area contributed by atoms with Crippen molar-refractivity contribution in [3.8, 4) is 0 Å². The third-order valence-electron chi connectivity index (χ3n) is 3.38. The first kappa shape index (κ1) is 8.89. The molecule has 0 N–H and O–H groups in total. The zero-order chi connectivity index (χ0) is 10.4. The average Bonchev–Trinajstić information content (AvgIpc) is 2.52. The van der Waals surface area contributed by atoms with Gasteiger partial charge in [0.25, 0.3) is 0 Å². The Morgan fingerprint density at radius 2 is 2.00 bits per heavy atom. The first-order valence-corrected chi connectivity index (χ1v) is 5.57. The largest absolute Gasteiger partial charge is 0.330 e. The Morgan fingerprint density at radius 3 is 2.87 bits per heavy atom. The molecule has 1 aliphatic rings. The molecule has 3 rings (SSSR count). The molecule has 1 aliphatic carbocycles. The molecule has 0 aliphatic heterocycles. The van der Waals surface area contributed by atoms with Crippen molar-refractivity contribution in [1.82, 2.24) is 14.5 Å². The molecular formula is C12H15N3. The van der Waals surface area contributed by atoms with Crippen LogP contribution in [-0.2, 0) is 19.9 Å². The Morgan fingerprint density at radius 1 is 1.20 bits per heavy atom.